The highest BCUT2D eigenvalue weighted by atomic mass is 31.2. The van der Waals surface area contributed by atoms with Crippen molar-refractivity contribution in [2.75, 3.05) is 32.1 Å². The lowest BCUT2D eigenvalue weighted by molar-refractivity contribution is -0.0689. The normalized spacial score (nSPS) is 12.1. The Balaban J connectivity index is 1.81. The summed E-state index contributed by atoms with van der Waals surface area (Å²) in [7, 11) is -3.22. The van der Waals surface area contributed by atoms with Crippen molar-refractivity contribution in [2.45, 2.75) is 20.6 Å². The molecule has 23 heavy (non-hydrogen) atoms. The van der Waals surface area contributed by atoms with E-state index in [1.165, 1.54) is 6.33 Å². The molecule has 0 saturated heterocycles. The fraction of sp³-hybridized carbons (Fsp3) is 0.583. The fourth-order valence-electron chi connectivity index (χ4n) is 1.84. The highest BCUT2D eigenvalue weighted by Crippen LogP contribution is 2.47. The molecule has 0 amide bonds. The van der Waals surface area contributed by atoms with Crippen LogP contribution in [0.15, 0.2) is 12.7 Å². The molecule has 0 spiro atoms. The second-order valence-corrected chi connectivity index (χ2v) is 6.37. The van der Waals surface area contributed by atoms with Gasteiger partial charge in [0.05, 0.1) is 19.5 Å². The molecule has 2 N–H and O–H groups in total. The number of anilines is 1. The van der Waals surface area contributed by atoms with Crippen LogP contribution < -0.4 is 5.73 Å². The van der Waals surface area contributed by atoms with Gasteiger partial charge in [0.15, 0.2) is 17.8 Å². The number of fused-ring (bicyclic) bond motifs is 1. The van der Waals surface area contributed by atoms with E-state index in [1.807, 2.05) is 0 Å². The predicted octanol–water partition coefficient (Wildman–Crippen LogP) is 1.58. The summed E-state index contributed by atoms with van der Waals surface area (Å²) >= 11 is 0. The summed E-state index contributed by atoms with van der Waals surface area (Å²) in [6, 6.07) is 0. The molecule has 10 nitrogen and oxygen atoms in total. The Morgan fingerprint density at radius 1 is 1.17 bits per heavy atom. The zero-order chi connectivity index (χ0) is 16.7. The smallest absolute Gasteiger partial charge is 0.356 e. The van der Waals surface area contributed by atoms with Gasteiger partial charge in [-0.2, -0.15) is 0 Å². The molecular weight excluding hydrogens is 325 g/mol. The van der Waals surface area contributed by atoms with Crippen LogP contribution >= 0.6 is 7.60 Å². The monoisotopic (exact) mass is 345 g/mol. The van der Waals surface area contributed by atoms with E-state index in [0.29, 0.717) is 17.0 Å². The molecule has 0 aliphatic carbocycles. The Bertz CT molecular complexity index is 669. The van der Waals surface area contributed by atoms with E-state index in [4.69, 9.17) is 24.3 Å². The Morgan fingerprint density at radius 2 is 1.91 bits per heavy atom. The molecule has 11 heteroatoms. The average molecular weight is 345 g/mol. The van der Waals surface area contributed by atoms with Crippen LogP contribution in [0.1, 0.15) is 13.8 Å². The minimum absolute atomic E-state index is 0.0790. The zero-order valence-electron chi connectivity index (χ0n) is 13.0. The molecule has 0 bridgehead atoms. The van der Waals surface area contributed by atoms with Gasteiger partial charge in [-0.3, -0.25) is 9.13 Å². The molecule has 2 heterocycles. The van der Waals surface area contributed by atoms with E-state index in [9.17, 15) is 4.57 Å². The van der Waals surface area contributed by atoms with Crippen molar-refractivity contribution in [1.29, 1.82) is 0 Å². The van der Waals surface area contributed by atoms with Crippen LogP contribution in [-0.4, -0.2) is 45.9 Å². The third-order valence-corrected chi connectivity index (χ3v) is 4.53. The molecule has 0 aliphatic rings. The summed E-state index contributed by atoms with van der Waals surface area (Å²) in [5.74, 6) is 0.305. The second kappa shape index (κ2) is 8.32. The first-order valence-corrected chi connectivity index (χ1v) is 8.77. The van der Waals surface area contributed by atoms with Crippen molar-refractivity contribution < 1.29 is 23.1 Å². The van der Waals surface area contributed by atoms with Crippen molar-refractivity contribution in [2.24, 2.45) is 0 Å². The van der Waals surface area contributed by atoms with Crippen LogP contribution in [0, 0.1) is 0 Å². The van der Waals surface area contributed by atoms with Gasteiger partial charge in [-0.1, -0.05) is 0 Å². The summed E-state index contributed by atoms with van der Waals surface area (Å²) in [5, 5.41) is 0. The molecule has 0 unspecified atom stereocenters. The van der Waals surface area contributed by atoms with Gasteiger partial charge in [-0.15, -0.1) is 0 Å². The molecule has 2 aromatic heterocycles. The lowest BCUT2D eigenvalue weighted by atomic mass is 10.5. The molecule has 0 aliphatic heterocycles. The maximum absolute atomic E-state index is 12.1. The minimum atomic E-state index is -3.22. The standard InChI is InChI=1S/C12H20N5O5P/c1-3-21-23(18,22-4-2)9-20-8-19-7-17-6-16-10-11(13)14-5-15-12(10)17/h5-6H,3-4,7-9H2,1-2H3,(H2,13,14,15). The number of nitrogen functional groups attached to an aromatic ring is 1. The van der Waals surface area contributed by atoms with Crippen LogP contribution in [0.4, 0.5) is 5.82 Å². The van der Waals surface area contributed by atoms with Crippen LogP contribution in [0.5, 0.6) is 0 Å². The predicted molar refractivity (Wildman–Crippen MR) is 82.5 cm³/mol. The fourth-order valence-corrected chi connectivity index (χ4v) is 3.15. The first-order valence-electron chi connectivity index (χ1n) is 7.04. The van der Waals surface area contributed by atoms with E-state index >= 15 is 0 Å². The molecule has 0 saturated carbocycles. The molecule has 128 valence electrons. The van der Waals surface area contributed by atoms with E-state index in [-0.39, 0.29) is 33.1 Å². The lowest BCUT2D eigenvalue weighted by Crippen LogP contribution is -2.09. The van der Waals surface area contributed by atoms with Crippen LogP contribution in [0.2, 0.25) is 0 Å². The minimum Gasteiger partial charge on any atom is -0.382 e. The summed E-state index contributed by atoms with van der Waals surface area (Å²) in [6.07, 6.45) is 2.72. The lowest BCUT2D eigenvalue weighted by Gasteiger charge is -2.16. The highest BCUT2D eigenvalue weighted by molar-refractivity contribution is 7.53. The number of ether oxygens (including phenoxy) is 2. The molecule has 2 aromatic rings. The first kappa shape index (κ1) is 17.8. The van der Waals surface area contributed by atoms with Crippen LogP contribution in [-0.2, 0) is 29.8 Å². The Morgan fingerprint density at radius 3 is 2.61 bits per heavy atom. The maximum Gasteiger partial charge on any atom is 0.356 e. The molecule has 0 fully saturated rings. The van der Waals surface area contributed by atoms with Crippen molar-refractivity contribution in [3.05, 3.63) is 12.7 Å². The quantitative estimate of drug-likeness (QED) is 0.388. The largest absolute Gasteiger partial charge is 0.382 e. The van der Waals surface area contributed by atoms with Gasteiger partial charge in [-0.25, -0.2) is 15.0 Å². The van der Waals surface area contributed by atoms with Crippen molar-refractivity contribution in [3.8, 4) is 0 Å². The second-order valence-electron chi connectivity index (χ2n) is 4.38. The molecule has 0 aromatic carbocycles. The van der Waals surface area contributed by atoms with Gasteiger partial charge in [0.25, 0.3) is 0 Å². The van der Waals surface area contributed by atoms with Crippen molar-refractivity contribution in [3.63, 3.8) is 0 Å². The van der Waals surface area contributed by atoms with Gasteiger partial charge in [0.1, 0.15) is 25.4 Å². The Hall–Kier alpha value is -1.58. The van der Waals surface area contributed by atoms with Gasteiger partial charge in [0, 0.05) is 0 Å². The summed E-state index contributed by atoms with van der Waals surface area (Å²) < 4.78 is 34.6. The maximum atomic E-state index is 12.1. The third-order valence-electron chi connectivity index (χ3n) is 2.73. The summed E-state index contributed by atoms with van der Waals surface area (Å²) in [4.78, 5) is 12.1. The number of hydrogen-bond donors (Lipinski definition) is 1. The molecule has 2 rings (SSSR count). The van der Waals surface area contributed by atoms with Crippen molar-refractivity contribution >= 4 is 24.6 Å². The number of imidazole rings is 1. The summed E-state index contributed by atoms with van der Waals surface area (Å²) in [6.45, 7) is 4.11. The molecule has 0 radical (unpaired) electrons. The van der Waals surface area contributed by atoms with E-state index < -0.39 is 7.60 Å². The number of rotatable bonds is 10. The molecular formula is C12H20N5O5P. The average Bonchev–Trinajstić information content (AvgIpc) is 2.92. The zero-order valence-corrected chi connectivity index (χ0v) is 13.9. The number of hydrogen-bond acceptors (Lipinski definition) is 9. The number of aromatic nitrogens is 4. The van der Waals surface area contributed by atoms with E-state index in [0.717, 1.165) is 0 Å². The number of nitrogens with two attached hydrogens (primary N) is 1. The van der Waals surface area contributed by atoms with Gasteiger partial charge in [-0.05, 0) is 13.8 Å². The highest BCUT2D eigenvalue weighted by Gasteiger charge is 2.23. The van der Waals surface area contributed by atoms with E-state index in [2.05, 4.69) is 15.0 Å². The van der Waals surface area contributed by atoms with E-state index in [1.54, 1.807) is 24.7 Å². The topological polar surface area (TPSA) is 124 Å². The molecule has 0 atom stereocenters. The van der Waals surface area contributed by atoms with Crippen LogP contribution in [0.25, 0.3) is 11.2 Å². The third kappa shape index (κ3) is 4.69. The van der Waals surface area contributed by atoms with Gasteiger partial charge >= 0.3 is 7.60 Å². The number of nitrogens with zero attached hydrogens (tertiary/aromatic N) is 4. The Labute approximate surface area is 133 Å². The van der Waals surface area contributed by atoms with Gasteiger partial charge < -0.3 is 24.3 Å². The van der Waals surface area contributed by atoms with Crippen LogP contribution in [0.3, 0.4) is 0 Å². The van der Waals surface area contributed by atoms with Crippen molar-refractivity contribution in [1.82, 2.24) is 19.5 Å². The Kier molecular flexibility index (Phi) is 6.43. The SMILES string of the molecule is CCOP(=O)(COCOCn1cnc2c(N)ncnc21)OCC. The summed E-state index contributed by atoms with van der Waals surface area (Å²) in [5.41, 5.74) is 6.77. The first-order chi connectivity index (χ1) is 11.1. The van der Waals surface area contributed by atoms with Gasteiger partial charge in [0.2, 0.25) is 0 Å².